The van der Waals surface area contributed by atoms with Gasteiger partial charge in [-0.1, -0.05) is 37.3 Å². The SMILES string of the molecule is CCc1ccc(NS(=O)(=O)c2c(C(=O)OC)sc3ccccc23)cc1. The zero-order chi connectivity index (χ0) is 18.0. The Labute approximate surface area is 150 Å². The van der Waals surface area contributed by atoms with Crippen molar-refractivity contribution in [3.05, 3.63) is 59.0 Å². The molecule has 0 amide bonds. The fourth-order valence-electron chi connectivity index (χ4n) is 2.53. The molecule has 25 heavy (non-hydrogen) atoms. The highest BCUT2D eigenvalue weighted by Gasteiger charge is 2.29. The number of hydrogen-bond donors (Lipinski definition) is 1. The molecule has 7 heteroatoms. The summed E-state index contributed by atoms with van der Waals surface area (Å²) in [5.41, 5.74) is 1.56. The molecule has 0 radical (unpaired) electrons. The third kappa shape index (κ3) is 3.38. The van der Waals surface area contributed by atoms with Crippen molar-refractivity contribution >= 4 is 43.1 Å². The standard InChI is InChI=1S/C18H17NO4S2/c1-3-12-8-10-13(11-9-12)19-25(21,22)17-14-6-4-5-7-15(14)24-16(17)18(20)23-2/h4-11,19H,3H2,1-2H3. The number of ether oxygens (including phenoxy) is 1. The zero-order valence-electron chi connectivity index (χ0n) is 13.8. The highest BCUT2D eigenvalue weighted by atomic mass is 32.2. The second-order valence-corrected chi connectivity index (χ2v) is 8.08. The summed E-state index contributed by atoms with van der Waals surface area (Å²) in [6.45, 7) is 2.03. The van der Waals surface area contributed by atoms with Gasteiger partial charge in [0.05, 0.1) is 7.11 Å². The summed E-state index contributed by atoms with van der Waals surface area (Å²) in [5, 5.41) is 0.505. The molecule has 0 saturated carbocycles. The molecular weight excluding hydrogens is 358 g/mol. The van der Waals surface area contributed by atoms with Crippen LogP contribution in [-0.2, 0) is 21.2 Å². The summed E-state index contributed by atoms with van der Waals surface area (Å²) in [6.07, 6.45) is 0.870. The van der Waals surface area contributed by atoms with Gasteiger partial charge in [0.2, 0.25) is 0 Å². The third-order valence-electron chi connectivity index (χ3n) is 3.80. The molecule has 0 atom stereocenters. The first-order valence-corrected chi connectivity index (χ1v) is 9.98. The predicted octanol–water partition coefficient (Wildman–Crippen LogP) is 4.05. The van der Waals surface area contributed by atoms with Crippen LogP contribution in [0.25, 0.3) is 10.1 Å². The molecule has 1 heterocycles. The van der Waals surface area contributed by atoms with Crippen LogP contribution < -0.4 is 4.72 Å². The minimum absolute atomic E-state index is 0.0421. The van der Waals surface area contributed by atoms with Crippen LogP contribution in [0.3, 0.4) is 0 Å². The number of carbonyl (C=O) groups is 1. The summed E-state index contributed by atoms with van der Waals surface area (Å²) < 4.78 is 33.9. The van der Waals surface area contributed by atoms with E-state index in [9.17, 15) is 13.2 Å². The van der Waals surface area contributed by atoms with Crippen LogP contribution in [0.5, 0.6) is 0 Å². The molecule has 0 aliphatic carbocycles. The van der Waals surface area contributed by atoms with Crippen LogP contribution in [0.15, 0.2) is 53.4 Å². The lowest BCUT2D eigenvalue weighted by Gasteiger charge is -2.09. The molecule has 2 aromatic carbocycles. The maximum atomic E-state index is 13.0. The molecular formula is C18H17NO4S2. The second-order valence-electron chi connectivity index (χ2n) is 5.40. The lowest BCUT2D eigenvalue weighted by Crippen LogP contribution is -2.16. The Morgan fingerprint density at radius 2 is 1.80 bits per heavy atom. The first-order valence-electron chi connectivity index (χ1n) is 7.68. The molecule has 0 bridgehead atoms. The van der Waals surface area contributed by atoms with Gasteiger partial charge in [0.1, 0.15) is 9.77 Å². The number of nitrogens with one attached hydrogen (secondary N) is 1. The number of methoxy groups -OCH3 is 1. The molecule has 1 N–H and O–H groups in total. The lowest BCUT2D eigenvalue weighted by atomic mass is 10.2. The van der Waals surface area contributed by atoms with Crippen molar-refractivity contribution in [3.63, 3.8) is 0 Å². The van der Waals surface area contributed by atoms with Crippen molar-refractivity contribution < 1.29 is 17.9 Å². The normalized spacial score (nSPS) is 11.4. The Morgan fingerprint density at radius 3 is 2.44 bits per heavy atom. The van der Waals surface area contributed by atoms with Crippen LogP contribution in [0.2, 0.25) is 0 Å². The van der Waals surface area contributed by atoms with Crippen LogP contribution >= 0.6 is 11.3 Å². The largest absolute Gasteiger partial charge is 0.465 e. The maximum Gasteiger partial charge on any atom is 0.349 e. The molecule has 3 aromatic rings. The summed E-state index contributed by atoms with van der Waals surface area (Å²) >= 11 is 1.11. The highest BCUT2D eigenvalue weighted by molar-refractivity contribution is 7.93. The van der Waals surface area contributed by atoms with E-state index in [1.54, 1.807) is 36.4 Å². The molecule has 0 spiro atoms. The molecule has 130 valence electrons. The third-order valence-corrected chi connectivity index (χ3v) is 6.55. The van der Waals surface area contributed by atoms with Gasteiger partial charge in [-0.2, -0.15) is 0 Å². The molecule has 0 aliphatic rings. The van der Waals surface area contributed by atoms with Gasteiger partial charge in [-0.15, -0.1) is 11.3 Å². The number of esters is 1. The van der Waals surface area contributed by atoms with E-state index in [1.165, 1.54) is 7.11 Å². The number of benzene rings is 2. The van der Waals surface area contributed by atoms with Crippen molar-refractivity contribution in [1.29, 1.82) is 0 Å². The molecule has 1 aromatic heterocycles. The first-order chi connectivity index (χ1) is 12.0. The Bertz CT molecular complexity index is 1020. The van der Waals surface area contributed by atoms with E-state index in [0.717, 1.165) is 23.3 Å². The average molecular weight is 375 g/mol. The van der Waals surface area contributed by atoms with Crippen molar-refractivity contribution in [2.45, 2.75) is 18.2 Å². The Morgan fingerprint density at radius 1 is 1.12 bits per heavy atom. The minimum atomic E-state index is -3.94. The van der Waals surface area contributed by atoms with E-state index >= 15 is 0 Å². The zero-order valence-corrected chi connectivity index (χ0v) is 15.4. The second kappa shape index (κ2) is 6.85. The Kier molecular flexibility index (Phi) is 4.78. The predicted molar refractivity (Wildman–Crippen MR) is 99.8 cm³/mol. The Balaban J connectivity index is 2.10. The minimum Gasteiger partial charge on any atom is -0.465 e. The van der Waals surface area contributed by atoms with Gasteiger partial charge in [0.15, 0.2) is 0 Å². The number of rotatable bonds is 5. The van der Waals surface area contributed by atoms with Crippen molar-refractivity contribution in [3.8, 4) is 0 Å². The molecule has 0 unspecified atom stereocenters. The molecule has 0 fully saturated rings. The fraction of sp³-hybridized carbons (Fsp3) is 0.167. The highest BCUT2D eigenvalue weighted by Crippen LogP contribution is 2.36. The van der Waals surface area contributed by atoms with Gasteiger partial charge >= 0.3 is 5.97 Å². The number of hydrogen-bond acceptors (Lipinski definition) is 5. The van der Waals surface area contributed by atoms with Crippen molar-refractivity contribution in [1.82, 2.24) is 0 Å². The lowest BCUT2D eigenvalue weighted by molar-refractivity contribution is 0.0602. The summed E-state index contributed by atoms with van der Waals surface area (Å²) in [4.78, 5) is 12.1. The van der Waals surface area contributed by atoms with E-state index in [0.29, 0.717) is 15.8 Å². The van der Waals surface area contributed by atoms with E-state index in [1.807, 2.05) is 19.1 Å². The molecule has 0 saturated heterocycles. The van der Waals surface area contributed by atoms with Gasteiger partial charge in [-0.25, -0.2) is 13.2 Å². The van der Waals surface area contributed by atoms with Crippen LogP contribution in [0.1, 0.15) is 22.2 Å². The first kappa shape index (κ1) is 17.4. The van der Waals surface area contributed by atoms with Crippen molar-refractivity contribution in [2.75, 3.05) is 11.8 Å². The van der Waals surface area contributed by atoms with E-state index in [2.05, 4.69) is 4.72 Å². The van der Waals surface area contributed by atoms with Gasteiger partial charge in [0.25, 0.3) is 10.0 Å². The smallest absolute Gasteiger partial charge is 0.349 e. The quantitative estimate of drug-likeness (QED) is 0.683. The van der Waals surface area contributed by atoms with Crippen LogP contribution in [-0.4, -0.2) is 21.5 Å². The maximum absolute atomic E-state index is 13.0. The number of fused-ring (bicyclic) bond motifs is 1. The molecule has 0 aliphatic heterocycles. The fourth-order valence-corrected chi connectivity index (χ4v) is 5.41. The number of aryl methyl sites for hydroxylation is 1. The number of anilines is 1. The van der Waals surface area contributed by atoms with Gasteiger partial charge < -0.3 is 4.74 Å². The van der Waals surface area contributed by atoms with E-state index < -0.39 is 16.0 Å². The Hall–Kier alpha value is -2.38. The number of carbonyl (C=O) groups excluding carboxylic acids is 1. The van der Waals surface area contributed by atoms with E-state index in [-0.39, 0.29) is 9.77 Å². The van der Waals surface area contributed by atoms with Gasteiger partial charge in [-0.3, -0.25) is 4.72 Å². The van der Waals surface area contributed by atoms with E-state index in [4.69, 9.17) is 4.74 Å². The summed E-state index contributed by atoms with van der Waals surface area (Å²) in [5.74, 6) is -0.664. The summed E-state index contributed by atoms with van der Waals surface area (Å²) in [6, 6.07) is 14.2. The average Bonchev–Trinajstić information content (AvgIpc) is 3.02. The topological polar surface area (TPSA) is 72.5 Å². The van der Waals surface area contributed by atoms with Crippen molar-refractivity contribution in [2.24, 2.45) is 0 Å². The van der Waals surface area contributed by atoms with Gasteiger partial charge in [0, 0.05) is 15.8 Å². The van der Waals surface area contributed by atoms with Crippen LogP contribution in [0, 0.1) is 0 Å². The van der Waals surface area contributed by atoms with Crippen LogP contribution in [0.4, 0.5) is 5.69 Å². The molecule has 3 rings (SSSR count). The monoisotopic (exact) mass is 375 g/mol. The molecule has 5 nitrogen and oxygen atoms in total. The van der Waals surface area contributed by atoms with Gasteiger partial charge in [-0.05, 0) is 30.2 Å². The number of thiophene rings is 1. The number of sulfonamides is 1. The summed E-state index contributed by atoms with van der Waals surface area (Å²) in [7, 11) is -2.71.